The summed E-state index contributed by atoms with van der Waals surface area (Å²) in [6.45, 7) is 6.72. The standard InChI is InChI=1S/C16H24N4/c1-4-6-8-11-16(3,5-2)15-18-14(19-20-15)13-10-7-9-12-17-13/h7,9-10,12H,4-6,8,11H2,1-3H3,(H,18,19,20). The molecule has 0 aliphatic carbocycles. The molecule has 0 radical (unpaired) electrons. The van der Waals surface area contributed by atoms with Crippen molar-refractivity contribution in [2.75, 3.05) is 0 Å². The molecule has 0 aliphatic rings. The van der Waals surface area contributed by atoms with Gasteiger partial charge in [0.25, 0.3) is 0 Å². The summed E-state index contributed by atoms with van der Waals surface area (Å²) in [4.78, 5) is 8.97. The van der Waals surface area contributed by atoms with Crippen molar-refractivity contribution in [3.8, 4) is 11.5 Å². The summed E-state index contributed by atoms with van der Waals surface area (Å²) in [5.74, 6) is 1.67. The van der Waals surface area contributed by atoms with Crippen LogP contribution in [0.3, 0.4) is 0 Å². The zero-order valence-electron chi connectivity index (χ0n) is 12.7. The fourth-order valence-electron chi connectivity index (χ4n) is 2.37. The van der Waals surface area contributed by atoms with Crippen molar-refractivity contribution in [2.45, 2.75) is 58.3 Å². The molecule has 0 bridgehead atoms. The van der Waals surface area contributed by atoms with Gasteiger partial charge in [-0.1, -0.05) is 46.1 Å². The predicted molar refractivity (Wildman–Crippen MR) is 81.4 cm³/mol. The van der Waals surface area contributed by atoms with Crippen molar-refractivity contribution in [2.24, 2.45) is 0 Å². The highest BCUT2D eigenvalue weighted by molar-refractivity contribution is 5.47. The van der Waals surface area contributed by atoms with E-state index in [1.807, 2.05) is 18.2 Å². The number of hydrogen-bond acceptors (Lipinski definition) is 3. The van der Waals surface area contributed by atoms with Gasteiger partial charge in [-0.2, -0.15) is 5.10 Å². The lowest BCUT2D eigenvalue weighted by molar-refractivity contribution is 0.377. The Morgan fingerprint density at radius 2 is 2.05 bits per heavy atom. The van der Waals surface area contributed by atoms with Gasteiger partial charge in [0.05, 0.1) is 0 Å². The minimum absolute atomic E-state index is 0.0786. The average molecular weight is 272 g/mol. The maximum atomic E-state index is 4.67. The molecule has 4 heteroatoms. The lowest BCUT2D eigenvalue weighted by atomic mass is 9.81. The van der Waals surface area contributed by atoms with Crippen LogP contribution in [0.5, 0.6) is 0 Å². The molecule has 0 spiro atoms. The van der Waals surface area contributed by atoms with Crippen molar-refractivity contribution in [1.29, 1.82) is 0 Å². The Kier molecular flexibility index (Phi) is 4.88. The maximum absolute atomic E-state index is 4.67. The Hall–Kier alpha value is -1.71. The normalized spacial score (nSPS) is 14.2. The summed E-state index contributed by atoms with van der Waals surface area (Å²) in [5.41, 5.74) is 0.900. The number of nitrogens with one attached hydrogen (secondary N) is 1. The van der Waals surface area contributed by atoms with Crippen LogP contribution < -0.4 is 0 Å². The first kappa shape index (κ1) is 14.7. The van der Waals surface area contributed by atoms with Crippen LogP contribution >= 0.6 is 0 Å². The first-order valence-electron chi connectivity index (χ1n) is 7.54. The second-order valence-corrected chi connectivity index (χ2v) is 5.59. The van der Waals surface area contributed by atoms with Gasteiger partial charge in [0, 0.05) is 11.6 Å². The molecule has 0 aliphatic heterocycles. The van der Waals surface area contributed by atoms with E-state index in [9.17, 15) is 0 Å². The number of unbranched alkanes of at least 4 members (excludes halogenated alkanes) is 2. The summed E-state index contributed by atoms with van der Waals surface area (Å²) >= 11 is 0. The van der Waals surface area contributed by atoms with Gasteiger partial charge in [0.15, 0.2) is 5.82 Å². The smallest absolute Gasteiger partial charge is 0.199 e. The van der Waals surface area contributed by atoms with E-state index < -0.39 is 0 Å². The van der Waals surface area contributed by atoms with Gasteiger partial charge in [-0.3, -0.25) is 10.1 Å². The van der Waals surface area contributed by atoms with E-state index in [0.717, 1.165) is 24.4 Å². The molecule has 1 atom stereocenters. The van der Waals surface area contributed by atoms with E-state index in [2.05, 4.69) is 40.9 Å². The lowest BCUT2D eigenvalue weighted by Gasteiger charge is -2.25. The van der Waals surface area contributed by atoms with Gasteiger partial charge in [0.2, 0.25) is 0 Å². The fraction of sp³-hybridized carbons (Fsp3) is 0.562. The third-order valence-electron chi connectivity index (χ3n) is 4.06. The topological polar surface area (TPSA) is 54.5 Å². The molecule has 0 saturated heterocycles. The van der Waals surface area contributed by atoms with Crippen LogP contribution in [0, 0.1) is 0 Å². The number of pyridine rings is 1. The first-order chi connectivity index (χ1) is 9.69. The van der Waals surface area contributed by atoms with E-state index in [-0.39, 0.29) is 5.41 Å². The maximum Gasteiger partial charge on any atom is 0.199 e. The molecule has 0 amide bonds. The molecular formula is C16H24N4. The third kappa shape index (κ3) is 3.24. The molecule has 0 saturated carbocycles. The van der Waals surface area contributed by atoms with E-state index in [1.54, 1.807) is 6.20 Å². The molecule has 0 aromatic carbocycles. The fourth-order valence-corrected chi connectivity index (χ4v) is 2.37. The summed E-state index contributed by atoms with van der Waals surface area (Å²) in [6.07, 6.45) is 7.74. The van der Waals surface area contributed by atoms with Crippen molar-refractivity contribution in [3.63, 3.8) is 0 Å². The Morgan fingerprint density at radius 3 is 2.70 bits per heavy atom. The summed E-state index contributed by atoms with van der Waals surface area (Å²) < 4.78 is 0. The second-order valence-electron chi connectivity index (χ2n) is 5.59. The Morgan fingerprint density at radius 1 is 1.20 bits per heavy atom. The average Bonchev–Trinajstić information content (AvgIpc) is 2.99. The molecule has 0 fully saturated rings. The van der Waals surface area contributed by atoms with Gasteiger partial charge >= 0.3 is 0 Å². The molecule has 1 unspecified atom stereocenters. The molecule has 108 valence electrons. The van der Waals surface area contributed by atoms with Gasteiger partial charge in [-0.15, -0.1) is 0 Å². The third-order valence-corrected chi connectivity index (χ3v) is 4.06. The number of nitrogens with zero attached hydrogens (tertiary/aromatic N) is 3. The largest absolute Gasteiger partial charge is 0.262 e. The van der Waals surface area contributed by atoms with E-state index >= 15 is 0 Å². The van der Waals surface area contributed by atoms with Crippen LogP contribution in [-0.2, 0) is 5.41 Å². The van der Waals surface area contributed by atoms with E-state index in [0.29, 0.717) is 5.82 Å². The zero-order valence-corrected chi connectivity index (χ0v) is 12.7. The molecule has 2 heterocycles. The van der Waals surface area contributed by atoms with Crippen LogP contribution in [0.4, 0.5) is 0 Å². The molecule has 2 aromatic heterocycles. The van der Waals surface area contributed by atoms with Crippen LogP contribution in [0.15, 0.2) is 24.4 Å². The van der Waals surface area contributed by atoms with Gasteiger partial charge in [0.1, 0.15) is 11.5 Å². The summed E-state index contributed by atoms with van der Waals surface area (Å²) in [6, 6.07) is 5.80. The van der Waals surface area contributed by atoms with Crippen molar-refractivity contribution >= 4 is 0 Å². The molecule has 1 N–H and O–H groups in total. The van der Waals surface area contributed by atoms with Gasteiger partial charge in [-0.05, 0) is 25.0 Å². The van der Waals surface area contributed by atoms with Gasteiger partial charge < -0.3 is 0 Å². The highest BCUT2D eigenvalue weighted by Gasteiger charge is 2.28. The minimum atomic E-state index is 0.0786. The van der Waals surface area contributed by atoms with Crippen LogP contribution in [0.1, 0.15) is 58.7 Å². The second kappa shape index (κ2) is 6.64. The molecular weight excluding hydrogens is 248 g/mol. The highest BCUT2D eigenvalue weighted by atomic mass is 15.2. The van der Waals surface area contributed by atoms with Crippen LogP contribution in [0.25, 0.3) is 11.5 Å². The molecule has 20 heavy (non-hydrogen) atoms. The predicted octanol–water partition coefficient (Wildman–Crippen LogP) is 4.11. The van der Waals surface area contributed by atoms with E-state index in [1.165, 1.54) is 19.3 Å². The number of rotatable bonds is 7. The summed E-state index contributed by atoms with van der Waals surface area (Å²) in [7, 11) is 0. The number of aromatic nitrogens is 4. The lowest BCUT2D eigenvalue weighted by Crippen LogP contribution is -2.22. The van der Waals surface area contributed by atoms with Crippen molar-refractivity contribution in [1.82, 2.24) is 20.2 Å². The molecule has 2 aromatic rings. The van der Waals surface area contributed by atoms with Crippen molar-refractivity contribution in [3.05, 3.63) is 30.2 Å². The number of hydrogen-bond donors (Lipinski definition) is 1. The first-order valence-corrected chi connectivity index (χ1v) is 7.54. The Balaban J connectivity index is 2.17. The Labute approximate surface area is 121 Å². The Bertz CT molecular complexity index is 520. The van der Waals surface area contributed by atoms with Crippen LogP contribution in [-0.4, -0.2) is 20.2 Å². The number of aromatic amines is 1. The van der Waals surface area contributed by atoms with Crippen LogP contribution in [0.2, 0.25) is 0 Å². The molecule has 2 rings (SSSR count). The quantitative estimate of drug-likeness (QED) is 0.771. The van der Waals surface area contributed by atoms with Gasteiger partial charge in [-0.25, -0.2) is 4.98 Å². The SMILES string of the molecule is CCCCCC(C)(CC)c1nc(-c2ccccn2)n[nH]1. The van der Waals surface area contributed by atoms with Crippen molar-refractivity contribution < 1.29 is 0 Å². The van der Waals surface area contributed by atoms with E-state index in [4.69, 9.17) is 0 Å². The number of H-pyrrole nitrogens is 1. The summed E-state index contributed by atoms with van der Waals surface area (Å²) in [5, 5.41) is 7.45. The molecule has 4 nitrogen and oxygen atoms in total. The minimum Gasteiger partial charge on any atom is -0.262 e. The highest BCUT2D eigenvalue weighted by Crippen LogP contribution is 2.31. The zero-order chi connectivity index (χ0) is 14.4. The monoisotopic (exact) mass is 272 g/mol.